The van der Waals surface area contributed by atoms with Gasteiger partial charge in [-0.25, -0.2) is 13.1 Å². The van der Waals surface area contributed by atoms with Crippen LogP contribution in [0.2, 0.25) is 10.0 Å². The molecule has 0 aromatic heterocycles. The molecule has 0 heterocycles. The Balaban J connectivity index is 3.21. The topological polar surface area (TPSA) is 92.4 Å². The molecule has 0 amide bonds. The molecule has 1 atom stereocenters. The molecule has 1 aromatic rings. The summed E-state index contributed by atoms with van der Waals surface area (Å²) in [5.41, 5.74) is 5.61. The van der Waals surface area contributed by atoms with E-state index in [0.29, 0.717) is 0 Å². The summed E-state index contributed by atoms with van der Waals surface area (Å²) in [6, 6.07) is 2.00. The van der Waals surface area contributed by atoms with Crippen molar-refractivity contribution >= 4 is 38.9 Å². The average Bonchev–Trinajstić information content (AvgIpc) is 2.23. The molecule has 0 aliphatic heterocycles. The fourth-order valence-electron chi connectivity index (χ4n) is 1.51. The van der Waals surface area contributed by atoms with Crippen LogP contribution in [0.25, 0.3) is 0 Å². The van der Waals surface area contributed by atoms with Crippen LogP contribution in [0.1, 0.15) is 13.8 Å². The van der Waals surface area contributed by atoms with Gasteiger partial charge < -0.3 is 10.8 Å². The van der Waals surface area contributed by atoms with Crippen LogP contribution in [0.5, 0.6) is 0 Å². The molecular weight excluding hydrogens is 311 g/mol. The lowest BCUT2D eigenvalue weighted by molar-refractivity contribution is 0.227. The molecule has 5 nitrogen and oxygen atoms in total. The van der Waals surface area contributed by atoms with E-state index in [-0.39, 0.29) is 33.2 Å². The zero-order chi connectivity index (χ0) is 14.8. The molecule has 0 saturated carbocycles. The van der Waals surface area contributed by atoms with Crippen molar-refractivity contribution in [3.8, 4) is 0 Å². The Morgan fingerprint density at radius 2 is 1.95 bits per heavy atom. The molecule has 1 rings (SSSR count). The van der Waals surface area contributed by atoms with Crippen molar-refractivity contribution in [2.45, 2.75) is 24.8 Å². The Labute approximate surface area is 122 Å². The summed E-state index contributed by atoms with van der Waals surface area (Å²) >= 11 is 11.6. The van der Waals surface area contributed by atoms with E-state index in [2.05, 4.69) is 4.72 Å². The van der Waals surface area contributed by atoms with Gasteiger partial charge in [0.15, 0.2) is 0 Å². The van der Waals surface area contributed by atoms with Crippen molar-refractivity contribution in [1.82, 2.24) is 4.72 Å². The molecule has 108 valence electrons. The second-order valence-corrected chi connectivity index (χ2v) is 6.95. The van der Waals surface area contributed by atoms with Crippen molar-refractivity contribution in [2.75, 3.05) is 12.3 Å². The highest BCUT2D eigenvalue weighted by Crippen LogP contribution is 2.31. The van der Waals surface area contributed by atoms with Gasteiger partial charge in [0.1, 0.15) is 4.90 Å². The summed E-state index contributed by atoms with van der Waals surface area (Å²) in [6.07, 6.45) is 0. The Kier molecular flexibility index (Phi) is 5.46. The third-order valence-corrected chi connectivity index (χ3v) is 4.85. The van der Waals surface area contributed by atoms with Crippen molar-refractivity contribution in [3.05, 3.63) is 22.2 Å². The molecule has 0 aliphatic carbocycles. The van der Waals surface area contributed by atoms with Gasteiger partial charge in [0, 0.05) is 11.1 Å². The number of rotatable bonds is 5. The smallest absolute Gasteiger partial charge is 0.244 e. The zero-order valence-electron chi connectivity index (χ0n) is 10.5. The fourth-order valence-corrected chi connectivity index (χ4v) is 3.87. The first-order valence-corrected chi connectivity index (χ1v) is 7.80. The average molecular weight is 327 g/mol. The molecule has 0 fully saturated rings. The Hall–Kier alpha value is -0.530. The highest BCUT2D eigenvalue weighted by molar-refractivity contribution is 7.89. The number of benzene rings is 1. The molecule has 0 unspecified atom stereocenters. The summed E-state index contributed by atoms with van der Waals surface area (Å²) in [5, 5.41) is 9.37. The normalized spacial score (nSPS) is 13.8. The first-order valence-electron chi connectivity index (χ1n) is 5.56. The minimum Gasteiger partial charge on any atom is -0.398 e. The van der Waals surface area contributed by atoms with E-state index >= 15 is 0 Å². The fraction of sp³-hybridized carbons (Fsp3) is 0.455. The van der Waals surface area contributed by atoms with E-state index in [4.69, 9.17) is 28.9 Å². The van der Waals surface area contributed by atoms with Crippen molar-refractivity contribution in [2.24, 2.45) is 5.92 Å². The summed E-state index contributed by atoms with van der Waals surface area (Å²) in [4.78, 5) is -0.224. The second kappa shape index (κ2) is 6.28. The molecule has 4 N–H and O–H groups in total. The SMILES string of the molecule is CC(C)[C@@H](CO)NS(=O)(=O)c1c(N)cc(Cl)cc1Cl. The maximum atomic E-state index is 12.2. The van der Waals surface area contributed by atoms with Crippen LogP contribution in [-0.4, -0.2) is 26.2 Å². The minimum absolute atomic E-state index is 0.0366. The van der Waals surface area contributed by atoms with Crippen molar-refractivity contribution < 1.29 is 13.5 Å². The number of hydrogen-bond acceptors (Lipinski definition) is 4. The van der Waals surface area contributed by atoms with Gasteiger partial charge in [-0.2, -0.15) is 0 Å². The lowest BCUT2D eigenvalue weighted by Crippen LogP contribution is -2.41. The summed E-state index contributed by atoms with van der Waals surface area (Å²) in [7, 11) is -3.92. The molecule has 0 spiro atoms. The van der Waals surface area contributed by atoms with E-state index in [1.807, 2.05) is 0 Å². The summed E-state index contributed by atoms with van der Waals surface area (Å²) in [6.45, 7) is 3.26. The number of nitrogens with one attached hydrogen (secondary N) is 1. The van der Waals surface area contributed by atoms with E-state index in [1.165, 1.54) is 12.1 Å². The Morgan fingerprint density at radius 3 is 2.37 bits per heavy atom. The maximum Gasteiger partial charge on any atom is 0.244 e. The molecule has 0 radical (unpaired) electrons. The molecule has 0 aliphatic rings. The van der Waals surface area contributed by atoms with Gasteiger partial charge >= 0.3 is 0 Å². The number of hydrogen-bond donors (Lipinski definition) is 3. The van der Waals surface area contributed by atoms with Crippen molar-refractivity contribution in [3.63, 3.8) is 0 Å². The number of anilines is 1. The molecule has 8 heteroatoms. The van der Waals surface area contributed by atoms with Crippen LogP contribution in [0.15, 0.2) is 17.0 Å². The maximum absolute atomic E-state index is 12.2. The van der Waals surface area contributed by atoms with E-state index in [1.54, 1.807) is 13.8 Å². The highest BCUT2D eigenvalue weighted by atomic mass is 35.5. The number of nitrogen functional groups attached to an aromatic ring is 1. The van der Waals surface area contributed by atoms with Crippen LogP contribution in [0, 0.1) is 5.92 Å². The first kappa shape index (κ1) is 16.5. The second-order valence-electron chi connectivity index (χ2n) is 4.46. The highest BCUT2D eigenvalue weighted by Gasteiger charge is 2.26. The summed E-state index contributed by atoms with van der Waals surface area (Å²) in [5.74, 6) is -0.0768. The molecular formula is C11H16Cl2N2O3S. The minimum atomic E-state index is -3.92. The predicted octanol–water partition coefficient (Wildman–Crippen LogP) is 1.87. The predicted molar refractivity (Wildman–Crippen MR) is 76.9 cm³/mol. The van der Waals surface area contributed by atoms with E-state index in [9.17, 15) is 13.5 Å². The number of aliphatic hydroxyl groups excluding tert-OH is 1. The molecule has 0 saturated heterocycles. The van der Waals surface area contributed by atoms with Gasteiger partial charge in [-0.1, -0.05) is 37.0 Å². The molecule has 19 heavy (non-hydrogen) atoms. The third-order valence-electron chi connectivity index (χ3n) is 2.61. The molecule has 0 bridgehead atoms. The number of sulfonamides is 1. The van der Waals surface area contributed by atoms with E-state index < -0.39 is 16.1 Å². The Morgan fingerprint density at radius 1 is 1.37 bits per heavy atom. The standard InChI is InChI=1S/C11H16Cl2N2O3S/c1-6(2)10(5-16)15-19(17,18)11-8(13)3-7(12)4-9(11)14/h3-4,6,10,15-16H,5,14H2,1-2H3/t10-/m1/s1. The summed E-state index contributed by atoms with van der Waals surface area (Å²) < 4.78 is 26.8. The van der Waals surface area contributed by atoms with Gasteiger partial charge in [0.05, 0.1) is 17.3 Å². The van der Waals surface area contributed by atoms with Gasteiger partial charge in [-0.05, 0) is 18.1 Å². The first-order chi connectivity index (χ1) is 8.69. The van der Waals surface area contributed by atoms with Gasteiger partial charge in [-0.15, -0.1) is 0 Å². The third kappa shape index (κ3) is 3.97. The van der Waals surface area contributed by atoms with E-state index in [0.717, 1.165) is 0 Å². The van der Waals surface area contributed by atoms with Crippen LogP contribution in [-0.2, 0) is 10.0 Å². The number of halogens is 2. The van der Waals surface area contributed by atoms with Crippen LogP contribution in [0.4, 0.5) is 5.69 Å². The largest absolute Gasteiger partial charge is 0.398 e. The quantitative estimate of drug-likeness (QED) is 0.720. The van der Waals surface area contributed by atoms with Crippen LogP contribution >= 0.6 is 23.2 Å². The number of aliphatic hydroxyl groups is 1. The lowest BCUT2D eigenvalue weighted by atomic mass is 10.1. The van der Waals surface area contributed by atoms with Crippen LogP contribution < -0.4 is 10.5 Å². The van der Waals surface area contributed by atoms with Gasteiger partial charge in [0.2, 0.25) is 10.0 Å². The molecule has 1 aromatic carbocycles. The zero-order valence-corrected chi connectivity index (χ0v) is 12.9. The monoisotopic (exact) mass is 326 g/mol. The lowest BCUT2D eigenvalue weighted by Gasteiger charge is -2.21. The Bertz CT molecular complexity index is 538. The number of nitrogens with two attached hydrogens (primary N) is 1. The van der Waals surface area contributed by atoms with Crippen molar-refractivity contribution in [1.29, 1.82) is 0 Å². The van der Waals surface area contributed by atoms with Gasteiger partial charge in [-0.3, -0.25) is 0 Å². The van der Waals surface area contributed by atoms with Crippen LogP contribution in [0.3, 0.4) is 0 Å². The van der Waals surface area contributed by atoms with Gasteiger partial charge in [0.25, 0.3) is 0 Å².